The third-order valence-electron chi connectivity index (χ3n) is 6.37. The Morgan fingerprint density at radius 1 is 1.27 bits per heavy atom. The summed E-state index contributed by atoms with van der Waals surface area (Å²) in [6.07, 6.45) is 4.44. The minimum Gasteiger partial charge on any atom is -0.451 e. The van der Waals surface area contributed by atoms with Gasteiger partial charge in [0.1, 0.15) is 5.58 Å². The molecule has 1 spiro atoms. The maximum absolute atomic E-state index is 12.9. The van der Waals surface area contributed by atoms with Crippen LogP contribution in [0.4, 0.5) is 0 Å². The van der Waals surface area contributed by atoms with Crippen LogP contribution in [0.15, 0.2) is 34.7 Å². The molecule has 2 aliphatic heterocycles. The molecule has 5 nitrogen and oxygen atoms in total. The van der Waals surface area contributed by atoms with E-state index < -0.39 is 0 Å². The number of likely N-dealkylation sites (tertiary alicyclic amines) is 2. The first kappa shape index (κ1) is 17.6. The second-order valence-corrected chi connectivity index (χ2v) is 7.63. The lowest BCUT2D eigenvalue weighted by atomic mass is 9.85. The van der Waals surface area contributed by atoms with Gasteiger partial charge in [0.15, 0.2) is 5.76 Å². The number of hydrogen-bond acceptors (Lipinski definition) is 4. The topological polar surface area (TPSA) is 45.9 Å². The number of rotatable bonds is 4. The summed E-state index contributed by atoms with van der Waals surface area (Å²) < 4.78 is 11.4. The molecule has 1 amide bonds. The first-order valence-corrected chi connectivity index (χ1v) is 9.71. The van der Waals surface area contributed by atoms with Crippen molar-refractivity contribution in [2.45, 2.75) is 44.2 Å². The number of ether oxygens (including phenoxy) is 1. The molecule has 0 saturated carbocycles. The number of fused-ring (bicyclic) bond motifs is 1. The van der Waals surface area contributed by atoms with E-state index in [1.807, 2.05) is 42.2 Å². The highest BCUT2D eigenvalue weighted by Gasteiger charge is 2.46. The van der Waals surface area contributed by atoms with Crippen LogP contribution in [0.2, 0.25) is 0 Å². The quantitative estimate of drug-likeness (QED) is 0.841. The average Bonchev–Trinajstić information content (AvgIpc) is 3.23. The molecule has 0 bridgehead atoms. The maximum atomic E-state index is 12.9. The number of likely N-dealkylation sites (N-methyl/N-ethyl adjacent to an activating group) is 1. The first-order chi connectivity index (χ1) is 12.6. The molecule has 1 unspecified atom stereocenters. The van der Waals surface area contributed by atoms with Gasteiger partial charge in [-0.25, -0.2) is 0 Å². The second-order valence-electron chi connectivity index (χ2n) is 7.63. The molecule has 2 aliphatic rings. The van der Waals surface area contributed by atoms with Crippen molar-refractivity contribution >= 4 is 16.9 Å². The second kappa shape index (κ2) is 7.05. The van der Waals surface area contributed by atoms with E-state index in [0.29, 0.717) is 11.8 Å². The molecule has 0 aliphatic carbocycles. The minimum atomic E-state index is 0.0163. The van der Waals surface area contributed by atoms with Crippen molar-refractivity contribution in [3.8, 4) is 0 Å². The number of nitrogens with zero attached hydrogens (tertiary/aromatic N) is 2. The Morgan fingerprint density at radius 2 is 2.04 bits per heavy atom. The zero-order valence-electron chi connectivity index (χ0n) is 15.7. The van der Waals surface area contributed by atoms with Crippen LogP contribution in [0.3, 0.4) is 0 Å². The Balaban J connectivity index is 1.41. The van der Waals surface area contributed by atoms with Crippen molar-refractivity contribution in [2.24, 2.45) is 0 Å². The van der Waals surface area contributed by atoms with Gasteiger partial charge in [-0.05, 0) is 51.8 Å². The summed E-state index contributed by atoms with van der Waals surface area (Å²) in [5.74, 6) is 0.471. The summed E-state index contributed by atoms with van der Waals surface area (Å²) in [6.45, 7) is 5.23. The molecule has 2 saturated heterocycles. The van der Waals surface area contributed by atoms with Crippen molar-refractivity contribution in [2.75, 3.05) is 33.4 Å². The summed E-state index contributed by atoms with van der Waals surface area (Å²) in [5, 5.41) is 0.985. The van der Waals surface area contributed by atoms with Crippen LogP contribution in [0.5, 0.6) is 0 Å². The van der Waals surface area contributed by atoms with Crippen LogP contribution >= 0.6 is 0 Å². The zero-order chi connectivity index (χ0) is 18.1. The summed E-state index contributed by atoms with van der Waals surface area (Å²) in [5.41, 5.74) is 1.01. The lowest BCUT2D eigenvalue weighted by molar-refractivity contribution is 0.0202. The fourth-order valence-corrected chi connectivity index (χ4v) is 4.61. The van der Waals surface area contributed by atoms with Gasteiger partial charge in [-0.3, -0.25) is 9.69 Å². The van der Waals surface area contributed by atoms with Crippen molar-refractivity contribution in [1.82, 2.24) is 9.80 Å². The smallest absolute Gasteiger partial charge is 0.289 e. The van der Waals surface area contributed by atoms with E-state index in [0.717, 1.165) is 50.1 Å². The lowest BCUT2D eigenvalue weighted by Gasteiger charge is -2.44. The number of carbonyl (C=O) groups excluding carboxylic acids is 1. The molecule has 1 aromatic carbocycles. The van der Waals surface area contributed by atoms with Gasteiger partial charge in [0, 0.05) is 36.7 Å². The predicted molar refractivity (Wildman–Crippen MR) is 101 cm³/mol. The molecule has 1 atom stereocenters. The molecular weight excluding hydrogens is 328 g/mol. The molecule has 26 heavy (non-hydrogen) atoms. The molecule has 3 heterocycles. The Morgan fingerprint density at radius 3 is 2.77 bits per heavy atom. The van der Waals surface area contributed by atoms with Gasteiger partial charge in [-0.1, -0.05) is 18.2 Å². The van der Waals surface area contributed by atoms with Crippen molar-refractivity contribution in [3.63, 3.8) is 0 Å². The molecule has 0 radical (unpaired) electrons. The zero-order valence-corrected chi connectivity index (χ0v) is 15.7. The standard InChI is InChI=1S/C21H28N2O3/c1-3-25-15-17-8-9-21(22(17)2)10-12-23(13-11-21)20(24)19-14-16-6-4-5-7-18(16)26-19/h4-7,14,17H,3,8-13,15H2,1-2H3. The van der Waals surface area contributed by atoms with Crippen LogP contribution in [0.25, 0.3) is 11.0 Å². The SMILES string of the molecule is CCOCC1CCC2(CCN(C(=O)c3cc4ccccc4o3)CC2)N1C. The highest BCUT2D eigenvalue weighted by atomic mass is 16.5. The molecule has 2 aromatic rings. The summed E-state index contributed by atoms with van der Waals surface area (Å²) in [4.78, 5) is 17.3. The predicted octanol–water partition coefficient (Wildman–Crippen LogP) is 3.54. The Bertz CT molecular complexity index is 743. The normalized spacial score (nSPS) is 23.2. The van der Waals surface area contributed by atoms with Gasteiger partial charge in [-0.15, -0.1) is 0 Å². The number of amides is 1. The fraction of sp³-hybridized carbons (Fsp3) is 0.571. The largest absolute Gasteiger partial charge is 0.451 e. The highest BCUT2D eigenvalue weighted by molar-refractivity contribution is 5.96. The van der Waals surface area contributed by atoms with E-state index in [-0.39, 0.29) is 11.4 Å². The minimum absolute atomic E-state index is 0.0163. The Hall–Kier alpha value is -1.85. The average molecular weight is 356 g/mol. The van der Waals surface area contributed by atoms with Gasteiger partial charge >= 0.3 is 0 Å². The van der Waals surface area contributed by atoms with Gasteiger partial charge in [0.05, 0.1) is 6.61 Å². The molecule has 140 valence electrons. The molecule has 0 N–H and O–H groups in total. The first-order valence-electron chi connectivity index (χ1n) is 9.71. The van der Waals surface area contributed by atoms with Crippen LogP contribution in [0, 0.1) is 0 Å². The summed E-state index contributed by atoms with van der Waals surface area (Å²) in [6, 6.07) is 10.1. The molecule has 2 fully saturated rings. The monoisotopic (exact) mass is 356 g/mol. The van der Waals surface area contributed by atoms with E-state index in [4.69, 9.17) is 9.15 Å². The van der Waals surface area contributed by atoms with Crippen LogP contribution < -0.4 is 0 Å². The third kappa shape index (κ3) is 3.03. The number of piperidine rings is 1. The van der Waals surface area contributed by atoms with E-state index in [1.165, 1.54) is 12.8 Å². The molecule has 1 aromatic heterocycles. The van der Waals surface area contributed by atoms with Crippen molar-refractivity contribution in [3.05, 3.63) is 36.1 Å². The van der Waals surface area contributed by atoms with E-state index in [9.17, 15) is 4.79 Å². The number of furan rings is 1. The molecule has 5 heteroatoms. The van der Waals surface area contributed by atoms with Crippen LogP contribution in [-0.2, 0) is 4.74 Å². The third-order valence-corrected chi connectivity index (χ3v) is 6.37. The highest BCUT2D eigenvalue weighted by Crippen LogP contribution is 2.40. The van der Waals surface area contributed by atoms with Gasteiger partial charge < -0.3 is 14.1 Å². The number of carbonyl (C=O) groups is 1. The molecule has 4 rings (SSSR count). The maximum Gasteiger partial charge on any atom is 0.289 e. The van der Waals surface area contributed by atoms with E-state index in [2.05, 4.69) is 11.9 Å². The number of para-hydroxylation sites is 1. The van der Waals surface area contributed by atoms with Crippen LogP contribution in [0.1, 0.15) is 43.2 Å². The van der Waals surface area contributed by atoms with Crippen molar-refractivity contribution in [1.29, 1.82) is 0 Å². The summed E-state index contributed by atoms with van der Waals surface area (Å²) >= 11 is 0. The fourth-order valence-electron chi connectivity index (χ4n) is 4.61. The van der Waals surface area contributed by atoms with Gasteiger partial charge in [-0.2, -0.15) is 0 Å². The lowest BCUT2D eigenvalue weighted by Crippen LogP contribution is -2.54. The molecular formula is C21H28N2O3. The van der Waals surface area contributed by atoms with Gasteiger partial charge in [0.25, 0.3) is 5.91 Å². The van der Waals surface area contributed by atoms with Gasteiger partial charge in [0.2, 0.25) is 0 Å². The van der Waals surface area contributed by atoms with E-state index >= 15 is 0 Å². The number of hydrogen-bond donors (Lipinski definition) is 0. The number of benzene rings is 1. The summed E-state index contributed by atoms with van der Waals surface area (Å²) in [7, 11) is 2.23. The Kier molecular flexibility index (Phi) is 4.76. The van der Waals surface area contributed by atoms with E-state index in [1.54, 1.807) is 0 Å². The van der Waals surface area contributed by atoms with Crippen LogP contribution in [-0.4, -0.2) is 60.6 Å². The van der Waals surface area contributed by atoms with Crippen molar-refractivity contribution < 1.29 is 13.9 Å². The Labute approximate surface area is 154 Å².